The van der Waals surface area contributed by atoms with Crippen LogP contribution in [0.15, 0.2) is 59.1 Å². The molecule has 6 nitrogen and oxygen atoms in total. The Morgan fingerprint density at radius 2 is 1.93 bits per heavy atom. The number of hydrogen-bond donors (Lipinski definition) is 0. The number of ether oxygens (including phenoxy) is 2. The lowest BCUT2D eigenvalue weighted by molar-refractivity contribution is -0.149. The molecule has 0 amide bonds. The van der Waals surface area contributed by atoms with Crippen LogP contribution < -0.4 is 4.74 Å². The minimum atomic E-state index is -0.327. The van der Waals surface area contributed by atoms with Gasteiger partial charge in [0, 0.05) is 5.56 Å². The van der Waals surface area contributed by atoms with Gasteiger partial charge in [0.1, 0.15) is 5.75 Å². The number of methoxy groups -OCH3 is 1. The summed E-state index contributed by atoms with van der Waals surface area (Å²) in [5.74, 6) is 0.918. The van der Waals surface area contributed by atoms with Crippen LogP contribution in [-0.2, 0) is 16.1 Å². The Morgan fingerprint density at radius 3 is 2.64 bits per heavy atom. The Hall–Kier alpha value is -3.15. The van der Waals surface area contributed by atoms with Crippen LogP contribution >= 0.6 is 0 Å². The largest absolute Gasteiger partial charge is 0.497 e. The quantitative estimate of drug-likeness (QED) is 0.531. The Bertz CT molecular complexity index is 908. The molecule has 0 aliphatic carbocycles. The first-order chi connectivity index (χ1) is 13.6. The lowest BCUT2D eigenvalue weighted by Crippen LogP contribution is -2.22. The molecule has 1 aromatic heterocycles. The van der Waals surface area contributed by atoms with Crippen molar-refractivity contribution in [2.45, 2.75) is 32.8 Å². The van der Waals surface area contributed by atoms with Crippen LogP contribution in [0.25, 0.3) is 11.4 Å². The number of carbonyl (C=O) groups excluding carboxylic acids is 1. The molecule has 1 heterocycles. The molecule has 3 aromatic rings. The van der Waals surface area contributed by atoms with Gasteiger partial charge in [-0.25, -0.2) is 0 Å². The first-order valence-electron chi connectivity index (χ1n) is 9.31. The van der Waals surface area contributed by atoms with Crippen molar-refractivity contribution in [3.05, 3.63) is 66.1 Å². The van der Waals surface area contributed by atoms with Gasteiger partial charge < -0.3 is 14.0 Å². The molecule has 146 valence electrons. The average Bonchev–Trinajstić information content (AvgIpc) is 3.22. The fraction of sp³-hybridized carbons (Fsp3) is 0.318. The van der Waals surface area contributed by atoms with Crippen molar-refractivity contribution in [1.29, 1.82) is 0 Å². The van der Waals surface area contributed by atoms with Gasteiger partial charge in [-0.05, 0) is 23.6 Å². The van der Waals surface area contributed by atoms with E-state index in [4.69, 9.17) is 14.0 Å². The summed E-state index contributed by atoms with van der Waals surface area (Å²) in [6.45, 7) is 4.05. The van der Waals surface area contributed by atoms with Crippen LogP contribution in [0.3, 0.4) is 0 Å². The third kappa shape index (κ3) is 4.57. The fourth-order valence-electron chi connectivity index (χ4n) is 3.01. The van der Waals surface area contributed by atoms with Crippen molar-refractivity contribution in [2.24, 2.45) is 5.92 Å². The summed E-state index contributed by atoms with van der Waals surface area (Å²) in [5.41, 5.74) is 1.71. The highest BCUT2D eigenvalue weighted by molar-refractivity contribution is 5.78. The maximum atomic E-state index is 12.7. The van der Waals surface area contributed by atoms with E-state index in [9.17, 15) is 4.79 Å². The molecule has 0 aliphatic heterocycles. The summed E-state index contributed by atoms with van der Waals surface area (Å²) in [4.78, 5) is 17.1. The van der Waals surface area contributed by atoms with Gasteiger partial charge in [-0.3, -0.25) is 4.79 Å². The standard InChI is InChI=1S/C22H24N2O4/c1-4-15(2)20(16-9-6-5-7-10-16)22(25)27-14-19-23-21(24-28-19)17-11-8-12-18(13-17)26-3/h5-13,15,20H,4,14H2,1-3H3. The third-order valence-electron chi connectivity index (χ3n) is 4.76. The molecule has 2 atom stereocenters. The molecule has 0 saturated carbocycles. The average molecular weight is 380 g/mol. The van der Waals surface area contributed by atoms with Crippen LogP contribution in [0.2, 0.25) is 0 Å². The molecule has 0 fully saturated rings. The van der Waals surface area contributed by atoms with Crippen molar-refractivity contribution in [2.75, 3.05) is 7.11 Å². The molecule has 0 radical (unpaired) electrons. The van der Waals surface area contributed by atoms with E-state index in [2.05, 4.69) is 17.1 Å². The van der Waals surface area contributed by atoms with E-state index >= 15 is 0 Å². The maximum absolute atomic E-state index is 12.7. The summed E-state index contributed by atoms with van der Waals surface area (Å²) in [6.07, 6.45) is 0.870. The highest BCUT2D eigenvalue weighted by Crippen LogP contribution is 2.29. The lowest BCUT2D eigenvalue weighted by Gasteiger charge is -2.21. The van der Waals surface area contributed by atoms with Gasteiger partial charge in [0.2, 0.25) is 5.82 Å². The molecular formula is C22H24N2O4. The number of nitrogens with zero attached hydrogens (tertiary/aromatic N) is 2. The first kappa shape index (κ1) is 19.6. The van der Waals surface area contributed by atoms with Gasteiger partial charge in [-0.1, -0.05) is 67.9 Å². The molecule has 0 aliphatic rings. The summed E-state index contributed by atoms with van der Waals surface area (Å²) in [5, 5.41) is 3.96. The van der Waals surface area contributed by atoms with Crippen LogP contribution in [-0.4, -0.2) is 23.2 Å². The van der Waals surface area contributed by atoms with E-state index in [-0.39, 0.29) is 30.3 Å². The van der Waals surface area contributed by atoms with E-state index in [0.29, 0.717) is 11.6 Å². The van der Waals surface area contributed by atoms with Crippen LogP contribution in [0.4, 0.5) is 0 Å². The van der Waals surface area contributed by atoms with E-state index in [1.54, 1.807) is 7.11 Å². The van der Waals surface area contributed by atoms with Gasteiger partial charge in [0.15, 0.2) is 6.61 Å². The van der Waals surface area contributed by atoms with E-state index in [0.717, 1.165) is 17.5 Å². The van der Waals surface area contributed by atoms with Crippen LogP contribution in [0.1, 0.15) is 37.6 Å². The van der Waals surface area contributed by atoms with Gasteiger partial charge in [-0.2, -0.15) is 4.98 Å². The lowest BCUT2D eigenvalue weighted by atomic mass is 9.86. The minimum absolute atomic E-state index is 0.0600. The number of aromatic nitrogens is 2. The third-order valence-corrected chi connectivity index (χ3v) is 4.76. The highest BCUT2D eigenvalue weighted by Gasteiger charge is 2.27. The normalized spacial score (nSPS) is 13.0. The molecule has 6 heteroatoms. The number of esters is 1. The van der Waals surface area contributed by atoms with Crippen LogP contribution in [0.5, 0.6) is 5.75 Å². The van der Waals surface area contributed by atoms with E-state index in [1.807, 2.05) is 61.5 Å². The summed E-state index contributed by atoms with van der Waals surface area (Å²) < 4.78 is 15.9. The number of hydrogen-bond acceptors (Lipinski definition) is 6. The molecule has 0 bridgehead atoms. The monoisotopic (exact) mass is 380 g/mol. The van der Waals surface area contributed by atoms with Gasteiger partial charge in [-0.15, -0.1) is 0 Å². The molecule has 28 heavy (non-hydrogen) atoms. The first-order valence-corrected chi connectivity index (χ1v) is 9.31. The van der Waals surface area contributed by atoms with Crippen molar-refractivity contribution in [1.82, 2.24) is 10.1 Å². The molecular weight excluding hydrogens is 356 g/mol. The molecule has 2 aromatic carbocycles. The van der Waals surface area contributed by atoms with Crippen molar-refractivity contribution in [3.8, 4) is 17.1 Å². The Morgan fingerprint density at radius 1 is 1.14 bits per heavy atom. The second kappa shape index (κ2) is 9.17. The second-order valence-electron chi connectivity index (χ2n) is 6.63. The topological polar surface area (TPSA) is 74.5 Å². The van der Waals surface area contributed by atoms with Gasteiger partial charge >= 0.3 is 5.97 Å². The predicted molar refractivity (Wildman–Crippen MR) is 105 cm³/mol. The van der Waals surface area contributed by atoms with Crippen molar-refractivity contribution >= 4 is 5.97 Å². The van der Waals surface area contributed by atoms with Crippen molar-refractivity contribution < 1.29 is 18.8 Å². The maximum Gasteiger partial charge on any atom is 0.314 e. The molecule has 0 saturated heterocycles. The minimum Gasteiger partial charge on any atom is -0.497 e. The molecule has 0 N–H and O–H groups in total. The smallest absolute Gasteiger partial charge is 0.314 e. The number of rotatable bonds is 8. The number of benzene rings is 2. The second-order valence-corrected chi connectivity index (χ2v) is 6.63. The summed E-state index contributed by atoms with van der Waals surface area (Å²) in [6, 6.07) is 17.0. The SMILES string of the molecule is CCC(C)C(C(=O)OCc1nc(-c2cccc(OC)c2)no1)c1ccccc1. The van der Waals surface area contributed by atoms with Crippen molar-refractivity contribution in [3.63, 3.8) is 0 Å². The van der Waals surface area contributed by atoms with E-state index < -0.39 is 0 Å². The van der Waals surface area contributed by atoms with Gasteiger partial charge in [0.05, 0.1) is 13.0 Å². The zero-order valence-electron chi connectivity index (χ0n) is 16.3. The zero-order valence-corrected chi connectivity index (χ0v) is 16.3. The highest BCUT2D eigenvalue weighted by atomic mass is 16.6. The molecule has 0 spiro atoms. The Labute approximate surface area is 164 Å². The summed E-state index contributed by atoms with van der Waals surface area (Å²) >= 11 is 0. The van der Waals surface area contributed by atoms with Gasteiger partial charge in [0.25, 0.3) is 5.89 Å². The van der Waals surface area contributed by atoms with Crippen LogP contribution in [0, 0.1) is 5.92 Å². The number of carbonyl (C=O) groups is 1. The zero-order chi connectivity index (χ0) is 19.9. The molecule has 3 rings (SSSR count). The Kier molecular flexibility index (Phi) is 6.42. The predicted octanol–water partition coefficient (Wildman–Crippen LogP) is 4.62. The summed E-state index contributed by atoms with van der Waals surface area (Å²) in [7, 11) is 1.60. The van der Waals surface area contributed by atoms with E-state index in [1.165, 1.54) is 0 Å². The Balaban J connectivity index is 1.69. The molecule has 2 unspecified atom stereocenters. The fourth-order valence-corrected chi connectivity index (χ4v) is 3.01.